The maximum absolute atomic E-state index is 5.08. The maximum Gasteiger partial charge on any atom is 0.0973 e. The van der Waals surface area contributed by atoms with Crippen LogP contribution >= 0.6 is 0 Å². The summed E-state index contributed by atoms with van der Waals surface area (Å²) in [5.74, 6) is 0. The number of hydrogen-bond acceptors (Lipinski definition) is 2. The van der Waals surface area contributed by atoms with E-state index in [-0.39, 0.29) is 5.41 Å². The molecule has 0 bridgehead atoms. The molecule has 1 aromatic carbocycles. The topological polar surface area (TPSA) is 25.8 Å². The Balaban J connectivity index is 2.68. The van der Waals surface area contributed by atoms with Crippen LogP contribution in [0.4, 0.5) is 0 Å². The zero-order valence-corrected chi connectivity index (χ0v) is 17.4. The van der Waals surface area contributed by atoms with E-state index in [1.54, 1.807) is 0 Å². The Morgan fingerprint density at radius 2 is 0.920 bits per heavy atom. The van der Waals surface area contributed by atoms with Gasteiger partial charge >= 0.3 is 0 Å². The van der Waals surface area contributed by atoms with E-state index < -0.39 is 0 Å². The Kier molecular flexibility index (Phi) is 3.94. The summed E-state index contributed by atoms with van der Waals surface area (Å²) in [6.07, 6.45) is 0. The first-order chi connectivity index (χ1) is 11.5. The first-order valence-corrected chi connectivity index (χ1v) is 9.14. The third kappa shape index (κ3) is 2.46. The second-order valence-corrected chi connectivity index (χ2v) is 8.59. The van der Waals surface area contributed by atoms with Crippen LogP contribution < -0.4 is 0 Å². The van der Waals surface area contributed by atoms with Gasteiger partial charge in [-0.15, -0.1) is 0 Å². The van der Waals surface area contributed by atoms with Gasteiger partial charge < -0.3 is 0 Å². The van der Waals surface area contributed by atoms with Crippen LogP contribution in [-0.4, -0.2) is 9.97 Å². The van der Waals surface area contributed by atoms with E-state index in [0.717, 1.165) is 22.4 Å². The first-order valence-electron chi connectivity index (χ1n) is 9.14. The SMILES string of the molecule is Cc1nc2c(c(C)c1C)c(C)c(C)c1c(C)c(C(C)(C)C)c(C)nc12. The van der Waals surface area contributed by atoms with Gasteiger partial charge in [-0.1, -0.05) is 20.8 Å². The molecule has 2 heterocycles. The molecule has 3 rings (SSSR count). The van der Waals surface area contributed by atoms with Crippen LogP contribution in [0.25, 0.3) is 21.8 Å². The van der Waals surface area contributed by atoms with Crippen molar-refractivity contribution in [2.75, 3.05) is 0 Å². The van der Waals surface area contributed by atoms with Gasteiger partial charge in [-0.25, -0.2) is 0 Å². The summed E-state index contributed by atoms with van der Waals surface area (Å²) in [5, 5.41) is 2.57. The van der Waals surface area contributed by atoms with Crippen LogP contribution in [0.3, 0.4) is 0 Å². The van der Waals surface area contributed by atoms with Crippen molar-refractivity contribution in [2.45, 2.75) is 74.7 Å². The van der Waals surface area contributed by atoms with E-state index in [9.17, 15) is 0 Å². The first kappa shape index (κ1) is 17.8. The normalized spacial score (nSPS) is 12.4. The molecule has 0 radical (unpaired) electrons. The number of benzene rings is 1. The third-order valence-electron chi connectivity index (χ3n) is 5.91. The molecule has 0 aliphatic rings. The summed E-state index contributed by atoms with van der Waals surface area (Å²) in [5.41, 5.74) is 12.4. The molecule has 0 aliphatic heterocycles. The average molecular weight is 335 g/mol. The van der Waals surface area contributed by atoms with E-state index in [1.165, 1.54) is 44.2 Å². The largest absolute Gasteiger partial charge is 0.251 e. The van der Waals surface area contributed by atoms with Crippen molar-refractivity contribution >= 4 is 21.8 Å². The van der Waals surface area contributed by atoms with Crippen LogP contribution in [0.15, 0.2) is 0 Å². The van der Waals surface area contributed by atoms with E-state index >= 15 is 0 Å². The van der Waals surface area contributed by atoms with Crippen molar-refractivity contribution in [1.29, 1.82) is 0 Å². The second-order valence-electron chi connectivity index (χ2n) is 8.59. The molecule has 0 N–H and O–H groups in total. The van der Waals surface area contributed by atoms with Crippen molar-refractivity contribution < 1.29 is 0 Å². The molecular weight excluding hydrogens is 304 g/mol. The lowest BCUT2D eigenvalue weighted by atomic mass is 9.80. The smallest absolute Gasteiger partial charge is 0.0973 e. The molecule has 25 heavy (non-hydrogen) atoms. The lowest BCUT2D eigenvalue weighted by molar-refractivity contribution is 0.579. The van der Waals surface area contributed by atoms with E-state index in [0.29, 0.717) is 0 Å². The summed E-state index contributed by atoms with van der Waals surface area (Å²) >= 11 is 0. The molecule has 3 aromatic rings. The van der Waals surface area contributed by atoms with Gasteiger partial charge in [0.1, 0.15) is 0 Å². The summed E-state index contributed by atoms with van der Waals surface area (Å²) in [6.45, 7) is 22.2. The van der Waals surface area contributed by atoms with Crippen molar-refractivity contribution in [3.63, 3.8) is 0 Å². The van der Waals surface area contributed by atoms with Gasteiger partial charge in [-0.05, 0) is 87.3 Å². The van der Waals surface area contributed by atoms with E-state index in [1.807, 2.05) is 0 Å². The Bertz CT molecular complexity index is 1030. The Labute approximate surface area is 151 Å². The molecule has 0 spiro atoms. The minimum Gasteiger partial charge on any atom is -0.251 e. The maximum atomic E-state index is 5.08. The number of hydrogen-bond donors (Lipinski definition) is 0. The van der Waals surface area contributed by atoms with Crippen LogP contribution in [0.5, 0.6) is 0 Å². The molecule has 0 aliphatic carbocycles. The number of pyridine rings is 2. The predicted octanol–water partition coefficient (Wildman–Crippen LogP) is 6.24. The third-order valence-corrected chi connectivity index (χ3v) is 5.91. The highest BCUT2D eigenvalue weighted by Gasteiger charge is 2.24. The van der Waals surface area contributed by atoms with Crippen molar-refractivity contribution in [1.82, 2.24) is 9.97 Å². The van der Waals surface area contributed by atoms with Gasteiger partial charge in [0.15, 0.2) is 0 Å². The fourth-order valence-electron chi connectivity index (χ4n) is 4.54. The average Bonchev–Trinajstić information content (AvgIpc) is 2.48. The number of fused-ring (bicyclic) bond motifs is 3. The van der Waals surface area contributed by atoms with E-state index in [4.69, 9.17) is 9.97 Å². The minimum atomic E-state index is 0.0806. The highest BCUT2D eigenvalue weighted by atomic mass is 14.8. The van der Waals surface area contributed by atoms with Crippen molar-refractivity contribution in [3.8, 4) is 0 Å². The predicted molar refractivity (Wildman–Crippen MR) is 109 cm³/mol. The van der Waals surface area contributed by atoms with Crippen LogP contribution in [0.1, 0.15) is 65.5 Å². The molecule has 132 valence electrons. The number of aryl methyl sites for hydroxylation is 6. The molecule has 2 aromatic heterocycles. The van der Waals surface area contributed by atoms with Gasteiger partial charge in [0.25, 0.3) is 0 Å². The molecule has 0 atom stereocenters. The summed E-state index contributed by atoms with van der Waals surface area (Å²) in [4.78, 5) is 10.1. The van der Waals surface area contributed by atoms with Crippen molar-refractivity contribution in [2.24, 2.45) is 0 Å². The molecule has 0 fully saturated rings. The van der Waals surface area contributed by atoms with Crippen LogP contribution in [-0.2, 0) is 5.41 Å². The zero-order valence-electron chi connectivity index (χ0n) is 17.4. The van der Waals surface area contributed by atoms with Gasteiger partial charge in [-0.2, -0.15) is 0 Å². The number of rotatable bonds is 0. The molecular formula is C23H30N2. The molecule has 2 heteroatoms. The van der Waals surface area contributed by atoms with E-state index in [2.05, 4.69) is 69.2 Å². The number of aromatic nitrogens is 2. The van der Waals surface area contributed by atoms with Gasteiger partial charge in [0.2, 0.25) is 0 Å². The number of nitrogens with zero attached hydrogens (tertiary/aromatic N) is 2. The fourth-order valence-corrected chi connectivity index (χ4v) is 4.54. The molecule has 2 nitrogen and oxygen atoms in total. The van der Waals surface area contributed by atoms with Gasteiger partial charge in [0, 0.05) is 22.2 Å². The Hall–Kier alpha value is -1.96. The van der Waals surface area contributed by atoms with Crippen LogP contribution in [0, 0.1) is 48.5 Å². The lowest BCUT2D eigenvalue weighted by Gasteiger charge is -2.26. The molecule has 0 saturated carbocycles. The lowest BCUT2D eigenvalue weighted by Crippen LogP contribution is -2.17. The summed E-state index contributed by atoms with van der Waals surface area (Å²) in [6, 6.07) is 0. The molecule has 0 saturated heterocycles. The Morgan fingerprint density at radius 3 is 1.40 bits per heavy atom. The molecule has 0 amide bonds. The quantitative estimate of drug-likeness (QED) is 0.455. The molecule has 0 unspecified atom stereocenters. The van der Waals surface area contributed by atoms with Crippen molar-refractivity contribution in [3.05, 3.63) is 44.8 Å². The zero-order chi connectivity index (χ0) is 18.8. The summed E-state index contributed by atoms with van der Waals surface area (Å²) < 4.78 is 0. The highest BCUT2D eigenvalue weighted by molar-refractivity contribution is 6.09. The van der Waals surface area contributed by atoms with Gasteiger partial charge in [-0.3, -0.25) is 9.97 Å². The fraction of sp³-hybridized carbons (Fsp3) is 0.478. The minimum absolute atomic E-state index is 0.0806. The summed E-state index contributed by atoms with van der Waals surface area (Å²) in [7, 11) is 0. The Morgan fingerprint density at radius 1 is 0.520 bits per heavy atom. The highest BCUT2D eigenvalue weighted by Crippen LogP contribution is 2.39. The van der Waals surface area contributed by atoms with Crippen LogP contribution in [0.2, 0.25) is 0 Å². The van der Waals surface area contributed by atoms with Gasteiger partial charge in [0.05, 0.1) is 11.0 Å². The standard InChI is InChI=1S/C23H30N2/c1-11-12(2)18-13(3)14(4)19-15(5)20(23(8,9)10)17(7)25-22(19)21(18)24-16(11)6/h1-10H3. The second kappa shape index (κ2) is 5.52. The monoisotopic (exact) mass is 334 g/mol.